The van der Waals surface area contributed by atoms with E-state index < -0.39 is 4.92 Å². The predicted octanol–water partition coefficient (Wildman–Crippen LogP) is 2.67. The van der Waals surface area contributed by atoms with E-state index in [0.717, 1.165) is 10.7 Å². The fourth-order valence-electron chi connectivity index (χ4n) is 2.18. The second-order valence-corrected chi connectivity index (χ2v) is 6.24. The number of benzene rings is 1. The molecular formula is C15H18N4O3S. The van der Waals surface area contributed by atoms with Crippen LogP contribution < -0.4 is 10.2 Å². The number of amides is 1. The Bertz CT molecular complexity index is 716. The van der Waals surface area contributed by atoms with E-state index in [1.54, 1.807) is 30.1 Å². The SMILES string of the molecule is Cc1nc([C@@H](C)NC(=O)CN(C)c2ccccc2[N+](=O)[O-])cs1. The highest BCUT2D eigenvalue weighted by atomic mass is 32.1. The van der Waals surface area contributed by atoms with Crippen molar-refractivity contribution < 1.29 is 9.72 Å². The number of carbonyl (C=O) groups is 1. The van der Waals surface area contributed by atoms with Crippen molar-refractivity contribution >= 4 is 28.6 Å². The third kappa shape index (κ3) is 4.26. The molecule has 2 rings (SSSR count). The maximum Gasteiger partial charge on any atom is 0.292 e. The lowest BCUT2D eigenvalue weighted by Crippen LogP contribution is -2.36. The second-order valence-electron chi connectivity index (χ2n) is 5.18. The van der Waals surface area contributed by atoms with Crippen molar-refractivity contribution in [3.8, 4) is 0 Å². The van der Waals surface area contributed by atoms with Crippen molar-refractivity contribution in [3.05, 3.63) is 50.5 Å². The average Bonchev–Trinajstić information content (AvgIpc) is 2.93. The monoisotopic (exact) mass is 334 g/mol. The van der Waals surface area contributed by atoms with Crippen LogP contribution in [0.25, 0.3) is 0 Å². The van der Waals surface area contributed by atoms with Gasteiger partial charge >= 0.3 is 0 Å². The van der Waals surface area contributed by atoms with Gasteiger partial charge in [0.05, 0.1) is 28.2 Å². The van der Waals surface area contributed by atoms with E-state index in [0.29, 0.717) is 5.69 Å². The van der Waals surface area contributed by atoms with Gasteiger partial charge in [0.25, 0.3) is 5.69 Å². The molecule has 0 aliphatic heterocycles. The number of nitro groups is 1. The maximum absolute atomic E-state index is 12.2. The minimum atomic E-state index is -0.454. The van der Waals surface area contributed by atoms with Gasteiger partial charge in [-0.2, -0.15) is 0 Å². The molecule has 1 atom stereocenters. The first-order valence-corrected chi connectivity index (χ1v) is 7.92. The van der Waals surface area contributed by atoms with Crippen LogP contribution in [0, 0.1) is 17.0 Å². The lowest BCUT2D eigenvalue weighted by molar-refractivity contribution is -0.384. The number of rotatable bonds is 6. The number of thiazole rings is 1. The number of nitrogens with zero attached hydrogens (tertiary/aromatic N) is 3. The largest absolute Gasteiger partial charge is 0.360 e. The van der Waals surface area contributed by atoms with Crippen LogP contribution in [0.1, 0.15) is 23.7 Å². The molecule has 0 saturated heterocycles. The van der Waals surface area contributed by atoms with E-state index in [4.69, 9.17) is 0 Å². The van der Waals surface area contributed by atoms with Crippen molar-refractivity contribution in [1.82, 2.24) is 10.3 Å². The smallest absolute Gasteiger partial charge is 0.292 e. The van der Waals surface area contributed by atoms with E-state index in [1.807, 2.05) is 19.2 Å². The number of nitrogens with one attached hydrogen (secondary N) is 1. The number of hydrogen-bond donors (Lipinski definition) is 1. The molecule has 1 amide bonds. The standard InChI is InChI=1S/C15H18N4O3S/c1-10(12-9-23-11(2)17-12)16-15(20)8-18(3)13-6-4-5-7-14(13)19(21)22/h4-7,9-10H,8H2,1-3H3,(H,16,20)/t10-/m1/s1. The number of carbonyl (C=O) groups excluding carboxylic acids is 1. The summed E-state index contributed by atoms with van der Waals surface area (Å²) < 4.78 is 0. The number of nitro benzene ring substituents is 1. The van der Waals surface area contributed by atoms with Gasteiger partial charge < -0.3 is 10.2 Å². The molecule has 1 aromatic carbocycles. The summed E-state index contributed by atoms with van der Waals surface area (Å²) in [6.07, 6.45) is 0. The quantitative estimate of drug-likeness (QED) is 0.648. The molecule has 2 aromatic rings. The molecule has 0 spiro atoms. The molecule has 1 aromatic heterocycles. The summed E-state index contributed by atoms with van der Waals surface area (Å²) in [4.78, 5) is 28.6. The first-order chi connectivity index (χ1) is 10.9. The maximum atomic E-state index is 12.2. The summed E-state index contributed by atoms with van der Waals surface area (Å²) in [7, 11) is 1.65. The Morgan fingerprint density at radius 1 is 1.48 bits per heavy atom. The molecular weight excluding hydrogens is 316 g/mol. The van der Waals surface area contributed by atoms with Crippen LogP contribution in [0.2, 0.25) is 0 Å². The van der Waals surface area contributed by atoms with Crippen molar-refractivity contribution in [1.29, 1.82) is 0 Å². The van der Waals surface area contributed by atoms with Crippen molar-refractivity contribution in [3.63, 3.8) is 0 Å². The molecule has 23 heavy (non-hydrogen) atoms. The fourth-order valence-corrected chi connectivity index (χ4v) is 2.89. The molecule has 0 aliphatic carbocycles. The zero-order valence-corrected chi connectivity index (χ0v) is 14.0. The Morgan fingerprint density at radius 2 is 2.17 bits per heavy atom. The molecule has 0 bridgehead atoms. The molecule has 122 valence electrons. The molecule has 8 heteroatoms. The molecule has 0 fully saturated rings. The van der Waals surface area contributed by atoms with Gasteiger partial charge in [-0.25, -0.2) is 4.98 Å². The van der Waals surface area contributed by atoms with Crippen LogP contribution in [0.3, 0.4) is 0 Å². The third-order valence-corrected chi connectivity index (χ3v) is 4.12. The number of para-hydroxylation sites is 2. The predicted molar refractivity (Wildman–Crippen MR) is 89.8 cm³/mol. The molecule has 0 unspecified atom stereocenters. The number of aromatic nitrogens is 1. The van der Waals surface area contributed by atoms with Crippen LogP contribution in [0.15, 0.2) is 29.6 Å². The number of aryl methyl sites for hydroxylation is 1. The van der Waals surface area contributed by atoms with Gasteiger partial charge in [0, 0.05) is 18.5 Å². The van der Waals surface area contributed by atoms with E-state index in [1.165, 1.54) is 17.4 Å². The highest BCUT2D eigenvalue weighted by Gasteiger charge is 2.19. The number of likely N-dealkylation sites (N-methyl/N-ethyl adjacent to an activating group) is 1. The molecule has 0 saturated carbocycles. The van der Waals surface area contributed by atoms with E-state index in [9.17, 15) is 14.9 Å². The molecule has 1 N–H and O–H groups in total. The Hall–Kier alpha value is -2.48. The molecule has 0 aliphatic rings. The van der Waals surface area contributed by atoms with Gasteiger partial charge in [0.2, 0.25) is 5.91 Å². The van der Waals surface area contributed by atoms with Crippen LogP contribution in [-0.4, -0.2) is 29.4 Å². The van der Waals surface area contributed by atoms with Gasteiger partial charge in [0.15, 0.2) is 0 Å². The lowest BCUT2D eigenvalue weighted by Gasteiger charge is -2.20. The topological polar surface area (TPSA) is 88.4 Å². The summed E-state index contributed by atoms with van der Waals surface area (Å²) in [6, 6.07) is 6.15. The van der Waals surface area contributed by atoms with Gasteiger partial charge in [-0.15, -0.1) is 11.3 Å². The summed E-state index contributed by atoms with van der Waals surface area (Å²) in [5.41, 5.74) is 1.20. The fraction of sp³-hybridized carbons (Fsp3) is 0.333. The van der Waals surface area contributed by atoms with E-state index in [2.05, 4.69) is 10.3 Å². The first kappa shape index (κ1) is 16.9. The Labute approximate surface area is 138 Å². The third-order valence-electron chi connectivity index (χ3n) is 3.33. The Balaban J connectivity index is 2.01. The minimum Gasteiger partial charge on any atom is -0.360 e. The van der Waals surface area contributed by atoms with Crippen LogP contribution in [0.4, 0.5) is 11.4 Å². The summed E-state index contributed by atoms with van der Waals surface area (Å²) in [6.45, 7) is 3.79. The lowest BCUT2D eigenvalue weighted by atomic mass is 10.2. The Morgan fingerprint density at radius 3 is 2.78 bits per heavy atom. The van der Waals surface area contributed by atoms with Gasteiger partial charge in [-0.3, -0.25) is 14.9 Å². The van der Waals surface area contributed by atoms with E-state index in [-0.39, 0.29) is 24.2 Å². The van der Waals surface area contributed by atoms with Gasteiger partial charge in [-0.05, 0) is 19.9 Å². The van der Waals surface area contributed by atoms with Crippen molar-refractivity contribution in [2.45, 2.75) is 19.9 Å². The molecule has 1 heterocycles. The highest BCUT2D eigenvalue weighted by molar-refractivity contribution is 7.09. The number of hydrogen-bond acceptors (Lipinski definition) is 6. The van der Waals surface area contributed by atoms with Gasteiger partial charge in [0.1, 0.15) is 5.69 Å². The minimum absolute atomic E-state index is 0.0222. The molecule has 0 radical (unpaired) electrons. The highest BCUT2D eigenvalue weighted by Crippen LogP contribution is 2.26. The van der Waals surface area contributed by atoms with Crippen molar-refractivity contribution in [2.24, 2.45) is 0 Å². The average molecular weight is 334 g/mol. The summed E-state index contributed by atoms with van der Waals surface area (Å²) >= 11 is 1.53. The second kappa shape index (κ2) is 7.19. The summed E-state index contributed by atoms with van der Waals surface area (Å²) in [5, 5.41) is 16.8. The van der Waals surface area contributed by atoms with Crippen LogP contribution >= 0.6 is 11.3 Å². The van der Waals surface area contributed by atoms with Crippen LogP contribution in [-0.2, 0) is 4.79 Å². The van der Waals surface area contributed by atoms with Gasteiger partial charge in [-0.1, -0.05) is 12.1 Å². The summed E-state index contributed by atoms with van der Waals surface area (Å²) in [5.74, 6) is -0.219. The van der Waals surface area contributed by atoms with E-state index >= 15 is 0 Å². The Kier molecular flexibility index (Phi) is 5.28. The number of anilines is 1. The normalized spacial score (nSPS) is 11.8. The van der Waals surface area contributed by atoms with Crippen LogP contribution in [0.5, 0.6) is 0 Å². The zero-order chi connectivity index (χ0) is 17.0. The zero-order valence-electron chi connectivity index (χ0n) is 13.1. The molecule has 7 nitrogen and oxygen atoms in total. The first-order valence-electron chi connectivity index (χ1n) is 7.04. The van der Waals surface area contributed by atoms with Crippen molar-refractivity contribution in [2.75, 3.05) is 18.5 Å².